The molecular formula is C31H35Cl2N3O4S. The van der Waals surface area contributed by atoms with E-state index in [-0.39, 0.29) is 39.1 Å². The van der Waals surface area contributed by atoms with E-state index in [0.29, 0.717) is 6.42 Å². The first kappa shape index (κ1) is 30.9. The molecule has 0 heterocycles. The minimum atomic E-state index is -4.20. The molecule has 3 aromatic rings. The summed E-state index contributed by atoms with van der Waals surface area (Å²) < 4.78 is 28.8. The summed E-state index contributed by atoms with van der Waals surface area (Å²) in [6.45, 7) is 3.40. The lowest BCUT2D eigenvalue weighted by Crippen LogP contribution is -2.53. The maximum absolute atomic E-state index is 14.2. The molecule has 0 aromatic heterocycles. The first-order valence-corrected chi connectivity index (χ1v) is 16.0. The Morgan fingerprint density at radius 3 is 2.22 bits per heavy atom. The highest BCUT2D eigenvalue weighted by atomic mass is 35.5. The summed E-state index contributed by atoms with van der Waals surface area (Å²) in [5.41, 5.74) is 2.01. The third-order valence-electron chi connectivity index (χ3n) is 7.27. The van der Waals surface area contributed by atoms with Gasteiger partial charge in [0.2, 0.25) is 11.8 Å². The summed E-state index contributed by atoms with van der Waals surface area (Å²) in [6, 6.07) is 19.3. The van der Waals surface area contributed by atoms with Gasteiger partial charge in [0.05, 0.1) is 10.6 Å². The van der Waals surface area contributed by atoms with E-state index in [1.807, 2.05) is 38.1 Å². The van der Waals surface area contributed by atoms with Crippen molar-refractivity contribution < 1.29 is 18.0 Å². The second kappa shape index (κ2) is 13.7. The van der Waals surface area contributed by atoms with Gasteiger partial charge in [0.15, 0.2) is 0 Å². The molecule has 4 rings (SSSR count). The van der Waals surface area contributed by atoms with Crippen molar-refractivity contribution in [3.63, 3.8) is 0 Å². The van der Waals surface area contributed by atoms with Crippen LogP contribution < -0.4 is 9.62 Å². The van der Waals surface area contributed by atoms with Gasteiger partial charge >= 0.3 is 0 Å². The minimum Gasteiger partial charge on any atom is -0.352 e. The van der Waals surface area contributed by atoms with Crippen molar-refractivity contribution in [1.82, 2.24) is 10.2 Å². The molecule has 7 nitrogen and oxygen atoms in total. The van der Waals surface area contributed by atoms with E-state index in [0.717, 1.165) is 41.1 Å². The number of sulfonamides is 1. The molecule has 1 saturated carbocycles. The van der Waals surface area contributed by atoms with Crippen LogP contribution in [0.4, 0.5) is 5.69 Å². The van der Waals surface area contributed by atoms with Crippen molar-refractivity contribution in [2.45, 2.75) is 69.5 Å². The third-order valence-corrected chi connectivity index (χ3v) is 9.49. The van der Waals surface area contributed by atoms with Crippen molar-refractivity contribution in [3.05, 3.63) is 94.0 Å². The third kappa shape index (κ3) is 7.82. The largest absolute Gasteiger partial charge is 0.352 e. The minimum absolute atomic E-state index is 0.0140. The molecule has 1 N–H and O–H groups in total. The van der Waals surface area contributed by atoms with Crippen LogP contribution in [0.5, 0.6) is 0 Å². The number of hydrogen-bond donors (Lipinski definition) is 1. The molecule has 1 atom stereocenters. The zero-order chi connectivity index (χ0) is 29.6. The SMILES string of the molecule is CCC(C(=O)NC1CCCC1)N(Cc1cccc(C)c1)C(=O)CN(c1cc(Cl)cc(Cl)c1)S(=O)(=O)c1ccccc1. The molecule has 0 radical (unpaired) electrons. The van der Waals surface area contributed by atoms with E-state index in [2.05, 4.69) is 5.32 Å². The molecule has 0 bridgehead atoms. The monoisotopic (exact) mass is 615 g/mol. The number of carbonyl (C=O) groups excluding carboxylic acids is 2. The molecular weight excluding hydrogens is 581 g/mol. The van der Waals surface area contributed by atoms with Gasteiger partial charge in [-0.05, 0) is 62.1 Å². The van der Waals surface area contributed by atoms with Crippen LogP contribution in [0.1, 0.15) is 50.2 Å². The molecule has 218 valence electrons. The second-order valence-electron chi connectivity index (χ2n) is 10.4. The number of rotatable bonds is 11. The Morgan fingerprint density at radius 2 is 1.61 bits per heavy atom. The Kier molecular flexibility index (Phi) is 10.3. The smallest absolute Gasteiger partial charge is 0.264 e. The number of benzene rings is 3. The van der Waals surface area contributed by atoms with Gasteiger partial charge in [-0.1, -0.05) is 91.0 Å². The number of amides is 2. The summed E-state index contributed by atoms with van der Waals surface area (Å²) >= 11 is 12.5. The van der Waals surface area contributed by atoms with Crippen molar-refractivity contribution in [1.29, 1.82) is 0 Å². The van der Waals surface area contributed by atoms with Gasteiger partial charge in [-0.3, -0.25) is 13.9 Å². The van der Waals surface area contributed by atoms with Crippen molar-refractivity contribution in [3.8, 4) is 0 Å². The van der Waals surface area contributed by atoms with Crippen LogP contribution in [-0.4, -0.2) is 43.8 Å². The van der Waals surface area contributed by atoms with Crippen LogP contribution in [-0.2, 0) is 26.2 Å². The molecule has 41 heavy (non-hydrogen) atoms. The number of hydrogen-bond acceptors (Lipinski definition) is 4. The number of aryl methyl sites for hydroxylation is 1. The number of nitrogens with zero attached hydrogens (tertiary/aromatic N) is 2. The predicted molar refractivity (Wildman–Crippen MR) is 164 cm³/mol. The fourth-order valence-corrected chi connectivity index (χ4v) is 7.16. The Bertz CT molecular complexity index is 1460. The fraction of sp³-hybridized carbons (Fsp3) is 0.355. The van der Waals surface area contributed by atoms with E-state index in [1.54, 1.807) is 18.2 Å². The Balaban J connectivity index is 1.73. The molecule has 0 spiro atoms. The highest BCUT2D eigenvalue weighted by molar-refractivity contribution is 7.92. The fourth-order valence-electron chi connectivity index (χ4n) is 5.23. The van der Waals surface area contributed by atoms with Crippen LogP contribution in [0.25, 0.3) is 0 Å². The molecule has 0 aliphatic heterocycles. The van der Waals surface area contributed by atoms with Gasteiger partial charge in [-0.2, -0.15) is 0 Å². The average Bonchev–Trinajstić information content (AvgIpc) is 3.44. The van der Waals surface area contributed by atoms with Crippen LogP contribution in [0.3, 0.4) is 0 Å². The van der Waals surface area contributed by atoms with Crippen molar-refractivity contribution >= 4 is 50.7 Å². The van der Waals surface area contributed by atoms with E-state index in [4.69, 9.17) is 23.2 Å². The van der Waals surface area contributed by atoms with Crippen LogP contribution >= 0.6 is 23.2 Å². The molecule has 1 fully saturated rings. The van der Waals surface area contributed by atoms with Crippen LogP contribution in [0, 0.1) is 6.92 Å². The zero-order valence-electron chi connectivity index (χ0n) is 23.2. The summed E-state index contributed by atoms with van der Waals surface area (Å²) in [7, 11) is -4.20. The van der Waals surface area contributed by atoms with E-state index in [9.17, 15) is 18.0 Å². The first-order valence-electron chi connectivity index (χ1n) is 13.8. The standard InChI is InChI=1S/C31H35Cl2N3O4S/c1-3-29(31(38)34-26-12-7-8-13-26)35(20-23-11-9-10-22(2)16-23)30(37)21-36(27-18-24(32)17-25(33)19-27)41(39,40)28-14-5-4-6-15-28/h4-6,9-11,14-19,26,29H,3,7-8,12-13,20-21H2,1-2H3,(H,34,38). The van der Waals surface area contributed by atoms with E-state index >= 15 is 0 Å². The van der Waals surface area contributed by atoms with Gasteiger partial charge in [-0.15, -0.1) is 0 Å². The van der Waals surface area contributed by atoms with Gasteiger partial charge in [0.25, 0.3) is 10.0 Å². The maximum atomic E-state index is 14.2. The van der Waals surface area contributed by atoms with E-state index in [1.165, 1.54) is 35.2 Å². The Morgan fingerprint density at radius 1 is 0.951 bits per heavy atom. The Labute approximate surface area is 252 Å². The van der Waals surface area contributed by atoms with Gasteiger partial charge in [0.1, 0.15) is 12.6 Å². The molecule has 1 unspecified atom stereocenters. The summed E-state index contributed by atoms with van der Waals surface area (Å²) in [4.78, 5) is 29.2. The van der Waals surface area contributed by atoms with Crippen LogP contribution in [0.15, 0.2) is 77.7 Å². The predicted octanol–water partition coefficient (Wildman–Crippen LogP) is 6.36. The molecule has 1 aliphatic rings. The first-order chi connectivity index (χ1) is 19.6. The van der Waals surface area contributed by atoms with Gasteiger partial charge < -0.3 is 10.2 Å². The summed E-state index contributed by atoms with van der Waals surface area (Å²) in [5.74, 6) is -0.751. The van der Waals surface area contributed by atoms with Crippen LogP contribution in [0.2, 0.25) is 10.0 Å². The quantitative estimate of drug-likeness (QED) is 0.272. The molecule has 1 aliphatic carbocycles. The lowest BCUT2D eigenvalue weighted by Gasteiger charge is -2.34. The lowest BCUT2D eigenvalue weighted by atomic mass is 10.1. The highest BCUT2D eigenvalue weighted by Gasteiger charge is 2.34. The average molecular weight is 617 g/mol. The lowest BCUT2D eigenvalue weighted by molar-refractivity contribution is -0.140. The molecule has 10 heteroatoms. The number of anilines is 1. The number of carbonyl (C=O) groups is 2. The number of nitrogens with one attached hydrogen (secondary N) is 1. The normalized spacial score (nSPS) is 14.4. The number of halogens is 2. The molecule has 3 aromatic carbocycles. The van der Waals surface area contributed by atoms with Crippen molar-refractivity contribution in [2.75, 3.05) is 10.8 Å². The highest BCUT2D eigenvalue weighted by Crippen LogP contribution is 2.30. The topological polar surface area (TPSA) is 86.8 Å². The second-order valence-corrected chi connectivity index (χ2v) is 13.1. The van der Waals surface area contributed by atoms with E-state index < -0.39 is 28.5 Å². The van der Waals surface area contributed by atoms with Gasteiger partial charge in [0, 0.05) is 22.6 Å². The summed E-state index contributed by atoms with van der Waals surface area (Å²) in [5, 5.41) is 3.58. The molecule has 2 amide bonds. The maximum Gasteiger partial charge on any atom is 0.264 e. The van der Waals surface area contributed by atoms with Gasteiger partial charge in [-0.25, -0.2) is 8.42 Å². The Hall–Kier alpha value is -3.07. The van der Waals surface area contributed by atoms with Crippen molar-refractivity contribution in [2.24, 2.45) is 0 Å². The zero-order valence-corrected chi connectivity index (χ0v) is 25.6. The molecule has 0 saturated heterocycles. The summed E-state index contributed by atoms with van der Waals surface area (Å²) in [6.07, 6.45) is 4.30.